The van der Waals surface area contributed by atoms with Crippen molar-refractivity contribution in [3.05, 3.63) is 53.9 Å². The topological polar surface area (TPSA) is 97.2 Å². The summed E-state index contributed by atoms with van der Waals surface area (Å²) in [6, 6.07) is 7.02. The third-order valence-electron chi connectivity index (χ3n) is 4.86. The van der Waals surface area contributed by atoms with Gasteiger partial charge in [0.05, 0.1) is 6.20 Å². The van der Waals surface area contributed by atoms with Crippen LogP contribution in [0.25, 0.3) is 10.9 Å². The van der Waals surface area contributed by atoms with Crippen molar-refractivity contribution in [3.63, 3.8) is 0 Å². The van der Waals surface area contributed by atoms with E-state index in [2.05, 4.69) is 15.3 Å². The van der Waals surface area contributed by atoms with Crippen LogP contribution in [-0.4, -0.2) is 27.9 Å². The van der Waals surface area contributed by atoms with Crippen molar-refractivity contribution in [1.29, 1.82) is 0 Å². The van der Waals surface area contributed by atoms with Crippen molar-refractivity contribution in [2.75, 3.05) is 0 Å². The number of fused-ring (bicyclic) bond motifs is 1. The standard InChI is InChI=1S/C23H29N3O4/c1-14(2)21(27)26-18(10-15-11-24-17-9-7-6-8-16(15)17)22(28)29-13-20-25-12-19(30-20)23(3,4)5/h6-9,11-12,14,18,24H,10,13H2,1-5H3,(H,26,27). The van der Waals surface area contributed by atoms with Gasteiger partial charge < -0.3 is 19.5 Å². The average Bonchev–Trinajstić information content (AvgIpc) is 3.32. The van der Waals surface area contributed by atoms with Gasteiger partial charge in [-0.25, -0.2) is 9.78 Å². The molecule has 2 aromatic heterocycles. The monoisotopic (exact) mass is 411 g/mol. The fourth-order valence-corrected chi connectivity index (χ4v) is 3.01. The maximum Gasteiger partial charge on any atom is 0.329 e. The van der Waals surface area contributed by atoms with Crippen LogP contribution in [0.1, 0.15) is 51.8 Å². The van der Waals surface area contributed by atoms with Gasteiger partial charge in [-0.05, 0) is 11.6 Å². The quantitative estimate of drug-likeness (QED) is 0.575. The first kappa shape index (κ1) is 21.6. The molecular formula is C23H29N3O4. The number of amides is 1. The van der Waals surface area contributed by atoms with Crippen molar-refractivity contribution in [2.45, 2.75) is 59.1 Å². The van der Waals surface area contributed by atoms with Gasteiger partial charge >= 0.3 is 5.97 Å². The highest BCUT2D eigenvalue weighted by Crippen LogP contribution is 2.23. The molecule has 0 fully saturated rings. The van der Waals surface area contributed by atoms with Gasteiger partial charge in [-0.1, -0.05) is 52.8 Å². The number of H-pyrrole nitrogens is 1. The molecule has 0 saturated carbocycles. The number of oxazole rings is 1. The van der Waals surface area contributed by atoms with E-state index in [0.717, 1.165) is 22.2 Å². The molecule has 160 valence electrons. The molecule has 0 radical (unpaired) electrons. The maximum absolute atomic E-state index is 12.8. The Hall–Kier alpha value is -3.09. The Bertz CT molecular complexity index is 1030. The van der Waals surface area contributed by atoms with E-state index < -0.39 is 12.0 Å². The summed E-state index contributed by atoms with van der Waals surface area (Å²) in [5, 5.41) is 3.82. The Kier molecular flexibility index (Phi) is 6.29. The smallest absolute Gasteiger partial charge is 0.329 e. The van der Waals surface area contributed by atoms with Gasteiger partial charge in [0.15, 0.2) is 6.61 Å². The van der Waals surface area contributed by atoms with Crippen molar-refractivity contribution in [1.82, 2.24) is 15.3 Å². The third-order valence-corrected chi connectivity index (χ3v) is 4.86. The van der Waals surface area contributed by atoms with E-state index in [1.165, 1.54) is 0 Å². The molecule has 1 atom stereocenters. The molecule has 2 N–H and O–H groups in total. The molecule has 7 nitrogen and oxygen atoms in total. The molecule has 0 aliphatic heterocycles. The SMILES string of the molecule is CC(C)C(=O)NC(Cc1c[nH]c2ccccc12)C(=O)OCc1ncc(C(C)(C)C)o1. The number of esters is 1. The molecule has 0 spiro atoms. The van der Waals surface area contributed by atoms with Gasteiger partial charge in [-0.3, -0.25) is 4.79 Å². The van der Waals surface area contributed by atoms with E-state index >= 15 is 0 Å². The third kappa shape index (κ3) is 5.09. The highest BCUT2D eigenvalue weighted by atomic mass is 16.5. The number of ether oxygens (including phenoxy) is 1. The second-order valence-corrected chi connectivity index (χ2v) is 8.76. The summed E-state index contributed by atoms with van der Waals surface area (Å²) in [6.45, 7) is 9.53. The molecule has 0 aliphatic carbocycles. The lowest BCUT2D eigenvalue weighted by molar-refractivity contribution is -0.150. The van der Waals surface area contributed by atoms with Crippen LogP contribution >= 0.6 is 0 Å². The summed E-state index contributed by atoms with van der Waals surface area (Å²) >= 11 is 0. The molecule has 2 heterocycles. The Morgan fingerprint density at radius 2 is 1.97 bits per heavy atom. The van der Waals surface area contributed by atoms with Crippen LogP contribution in [0.5, 0.6) is 0 Å². The van der Waals surface area contributed by atoms with Crippen molar-refractivity contribution < 1.29 is 18.7 Å². The lowest BCUT2D eigenvalue weighted by atomic mass is 9.94. The van der Waals surface area contributed by atoms with Gasteiger partial charge in [0.25, 0.3) is 0 Å². The summed E-state index contributed by atoms with van der Waals surface area (Å²) < 4.78 is 11.1. The zero-order valence-corrected chi connectivity index (χ0v) is 18.1. The predicted octanol–water partition coefficient (Wildman–Crippen LogP) is 3.88. The molecule has 1 aromatic carbocycles. The van der Waals surface area contributed by atoms with Crippen molar-refractivity contribution >= 4 is 22.8 Å². The van der Waals surface area contributed by atoms with Gasteiger partial charge in [0.1, 0.15) is 11.8 Å². The van der Waals surface area contributed by atoms with Crippen LogP contribution in [0, 0.1) is 5.92 Å². The van der Waals surface area contributed by atoms with Crippen molar-refractivity contribution in [2.24, 2.45) is 5.92 Å². The van der Waals surface area contributed by atoms with E-state index in [0.29, 0.717) is 12.3 Å². The number of nitrogens with zero attached hydrogens (tertiary/aromatic N) is 1. The number of carbonyl (C=O) groups excluding carboxylic acids is 2. The van der Waals surface area contributed by atoms with Crippen LogP contribution < -0.4 is 5.32 Å². The first-order valence-electron chi connectivity index (χ1n) is 10.1. The molecule has 3 rings (SSSR count). The van der Waals surface area contributed by atoms with Gasteiger partial charge in [-0.2, -0.15) is 0 Å². The van der Waals surface area contributed by atoms with Crippen molar-refractivity contribution in [3.8, 4) is 0 Å². The first-order valence-corrected chi connectivity index (χ1v) is 10.1. The minimum absolute atomic E-state index is 0.0865. The van der Waals surface area contributed by atoms with Crippen LogP contribution in [0.4, 0.5) is 0 Å². The van der Waals surface area contributed by atoms with Crippen LogP contribution in [0.15, 0.2) is 41.1 Å². The molecular weight excluding hydrogens is 382 g/mol. The summed E-state index contributed by atoms with van der Waals surface area (Å²) in [5.41, 5.74) is 1.73. The molecule has 1 amide bonds. The van der Waals surface area contributed by atoms with Gasteiger partial charge in [-0.15, -0.1) is 0 Å². The Labute approximate surface area is 176 Å². The van der Waals surface area contributed by atoms with E-state index in [1.807, 2.05) is 51.2 Å². The van der Waals surface area contributed by atoms with Gasteiger partial charge in [0.2, 0.25) is 11.8 Å². The summed E-state index contributed by atoms with van der Waals surface area (Å²) in [4.78, 5) is 32.5. The lowest BCUT2D eigenvalue weighted by Crippen LogP contribution is -2.44. The molecule has 1 unspecified atom stereocenters. The predicted molar refractivity (Wildman–Crippen MR) is 114 cm³/mol. The number of rotatable bonds is 7. The Morgan fingerprint density at radius 3 is 2.63 bits per heavy atom. The summed E-state index contributed by atoms with van der Waals surface area (Å²) in [6.07, 6.45) is 3.82. The average molecular weight is 412 g/mol. The molecule has 0 saturated heterocycles. The van der Waals surface area contributed by atoms with E-state index in [1.54, 1.807) is 20.0 Å². The van der Waals surface area contributed by atoms with Crippen LogP contribution in [0.3, 0.4) is 0 Å². The van der Waals surface area contributed by atoms with Gasteiger partial charge in [0, 0.05) is 34.9 Å². The second-order valence-electron chi connectivity index (χ2n) is 8.76. The number of aromatic amines is 1. The normalized spacial score (nSPS) is 12.9. The number of carbonyl (C=O) groups is 2. The van der Waals surface area contributed by atoms with E-state index in [-0.39, 0.29) is 23.8 Å². The van der Waals surface area contributed by atoms with Crippen LogP contribution in [-0.2, 0) is 32.8 Å². The zero-order valence-electron chi connectivity index (χ0n) is 18.1. The number of hydrogen-bond donors (Lipinski definition) is 2. The molecule has 0 aliphatic rings. The highest BCUT2D eigenvalue weighted by Gasteiger charge is 2.26. The number of benzene rings is 1. The summed E-state index contributed by atoms with van der Waals surface area (Å²) in [5.74, 6) is 0.0726. The van der Waals surface area contributed by atoms with Crippen LogP contribution in [0.2, 0.25) is 0 Å². The number of nitrogens with one attached hydrogen (secondary N) is 2. The number of aromatic nitrogens is 2. The number of para-hydroxylation sites is 1. The minimum atomic E-state index is -0.809. The summed E-state index contributed by atoms with van der Waals surface area (Å²) in [7, 11) is 0. The van der Waals surface area contributed by atoms with E-state index in [4.69, 9.17) is 9.15 Å². The fraction of sp³-hybridized carbons (Fsp3) is 0.435. The zero-order chi connectivity index (χ0) is 21.9. The molecule has 3 aromatic rings. The maximum atomic E-state index is 12.8. The van der Waals surface area contributed by atoms with E-state index in [9.17, 15) is 9.59 Å². The molecule has 0 bridgehead atoms. The minimum Gasteiger partial charge on any atom is -0.454 e. The molecule has 30 heavy (non-hydrogen) atoms. The molecule has 7 heteroatoms. The Balaban J connectivity index is 1.73. The lowest BCUT2D eigenvalue weighted by Gasteiger charge is -2.18. The second kappa shape index (κ2) is 8.73. The number of hydrogen-bond acceptors (Lipinski definition) is 5. The highest BCUT2D eigenvalue weighted by molar-refractivity contribution is 5.87. The largest absolute Gasteiger partial charge is 0.454 e. The fourth-order valence-electron chi connectivity index (χ4n) is 3.01. The first-order chi connectivity index (χ1) is 14.1. The Morgan fingerprint density at radius 1 is 1.23 bits per heavy atom.